The van der Waals surface area contributed by atoms with Crippen LogP contribution in [0.2, 0.25) is 0 Å². The van der Waals surface area contributed by atoms with Gasteiger partial charge in [0.1, 0.15) is 6.61 Å². The van der Waals surface area contributed by atoms with Gasteiger partial charge in [0.05, 0.1) is 0 Å². The molecule has 102 valence electrons. The monoisotopic (exact) mass is 266 g/mol. The first kappa shape index (κ1) is 12.9. The average Bonchev–Trinajstić information content (AvgIpc) is 2.51. The van der Waals surface area contributed by atoms with E-state index >= 15 is 0 Å². The highest BCUT2D eigenvalue weighted by atomic mass is 16.5. The normalized spacial score (nSPS) is 23.5. The molecule has 0 aliphatic heterocycles. The summed E-state index contributed by atoms with van der Waals surface area (Å²) in [6.45, 7) is 3.78. The number of esters is 1. The molecular formula is C18H18O2. The van der Waals surface area contributed by atoms with Crippen molar-refractivity contribution in [1.29, 1.82) is 0 Å². The van der Waals surface area contributed by atoms with Gasteiger partial charge in [0.15, 0.2) is 0 Å². The number of fused-ring (bicyclic) bond motifs is 1. The lowest BCUT2D eigenvalue weighted by Gasteiger charge is -2.31. The predicted molar refractivity (Wildman–Crippen MR) is 80.0 cm³/mol. The summed E-state index contributed by atoms with van der Waals surface area (Å²) in [5.74, 6) is 0.0696. The Hall–Kier alpha value is -2.09. The van der Waals surface area contributed by atoms with Gasteiger partial charge in [-0.25, -0.2) is 4.79 Å². The van der Waals surface area contributed by atoms with Crippen molar-refractivity contribution in [2.75, 3.05) is 6.61 Å². The summed E-state index contributed by atoms with van der Waals surface area (Å²) in [5.41, 5.74) is 5.21. The molecule has 3 aliphatic rings. The van der Waals surface area contributed by atoms with E-state index in [1.54, 1.807) is 0 Å². The number of hydrogen-bond acceptors (Lipinski definition) is 2. The van der Waals surface area contributed by atoms with Crippen molar-refractivity contribution in [2.45, 2.75) is 19.3 Å². The fourth-order valence-electron chi connectivity index (χ4n) is 3.11. The molecule has 0 N–H and O–H groups in total. The van der Waals surface area contributed by atoms with Crippen LogP contribution in [0.25, 0.3) is 0 Å². The Morgan fingerprint density at radius 1 is 1.40 bits per heavy atom. The summed E-state index contributed by atoms with van der Waals surface area (Å²) in [6.07, 6.45) is 17.5. The van der Waals surface area contributed by atoms with Gasteiger partial charge in [-0.3, -0.25) is 0 Å². The van der Waals surface area contributed by atoms with Crippen LogP contribution in [0.3, 0.4) is 0 Å². The SMILES string of the molecule is C=CC(=O)OCC1=C2C=CC=CC2CC2=C1C=CCC2. The molecule has 0 fully saturated rings. The Balaban J connectivity index is 1.96. The van der Waals surface area contributed by atoms with Crippen molar-refractivity contribution in [1.82, 2.24) is 0 Å². The highest BCUT2D eigenvalue weighted by Crippen LogP contribution is 2.41. The lowest BCUT2D eigenvalue weighted by molar-refractivity contribution is -0.136. The molecule has 1 atom stereocenters. The van der Waals surface area contributed by atoms with Crippen LogP contribution < -0.4 is 0 Å². The smallest absolute Gasteiger partial charge is 0.330 e. The molecule has 2 heteroatoms. The molecule has 0 spiro atoms. The molecule has 0 bridgehead atoms. The largest absolute Gasteiger partial charge is 0.458 e. The van der Waals surface area contributed by atoms with Gasteiger partial charge in [0, 0.05) is 17.6 Å². The van der Waals surface area contributed by atoms with E-state index in [4.69, 9.17) is 4.74 Å². The summed E-state index contributed by atoms with van der Waals surface area (Å²) in [5, 5.41) is 0. The van der Waals surface area contributed by atoms with E-state index in [0.29, 0.717) is 12.5 Å². The van der Waals surface area contributed by atoms with Crippen LogP contribution in [0.4, 0.5) is 0 Å². The van der Waals surface area contributed by atoms with Crippen molar-refractivity contribution >= 4 is 5.97 Å². The molecular weight excluding hydrogens is 248 g/mol. The summed E-state index contributed by atoms with van der Waals surface area (Å²) in [7, 11) is 0. The van der Waals surface area contributed by atoms with Crippen LogP contribution in [0.1, 0.15) is 19.3 Å². The third-order valence-electron chi connectivity index (χ3n) is 4.07. The first-order chi connectivity index (χ1) is 9.79. The standard InChI is InChI=1S/C18H18O2/c1-2-18(19)20-12-17-15-9-5-3-7-13(15)11-14-8-4-6-10-16(14)17/h2-3,5-7,9-10,13H,1,4,8,11-12H2. The molecule has 0 aromatic rings. The van der Waals surface area contributed by atoms with Crippen LogP contribution in [-0.2, 0) is 9.53 Å². The second-order valence-electron chi connectivity index (χ2n) is 5.26. The summed E-state index contributed by atoms with van der Waals surface area (Å²) < 4.78 is 5.29. The van der Waals surface area contributed by atoms with Crippen LogP contribution in [-0.4, -0.2) is 12.6 Å². The lowest BCUT2D eigenvalue weighted by atomic mass is 9.74. The fourth-order valence-corrected chi connectivity index (χ4v) is 3.11. The first-order valence-electron chi connectivity index (χ1n) is 7.05. The Morgan fingerprint density at radius 3 is 3.15 bits per heavy atom. The average molecular weight is 266 g/mol. The number of carbonyl (C=O) groups is 1. The Morgan fingerprint density at radius 2 is 2.30 bits per heavy atom. The van der Waals surface area contributed by atoms with E-state index in [1.807, 2.05) is 0 Å². The van der Waals surface area contributed by atoms with Gasteiger partial charge in [-0.05, 0) is 30.4 Å². The second kappa shape index (κ2) is 5.49. The fraction of sp³-hybridized carbons (Fsp3) is 0.278. The van der Waals surface area contributed by atoms with E-state index in [1.165, 1.54) is 22.8 Å². The summed E-state index contributed by atoms with van der Waals surface area (Å²) in [4.78, 5) is 11.3. The number of carbonyl (C=O) groups excluding carboxylic acids is 1. The molecule has 0 heterocycles. The third kappa shape index (κ3) is 2.34. The van der Waals surface area contributed by atoms with Crippen molar-refractivity contribution in [3.8, 4) is 0 Å². The number of rotatable bonds is 3. The molecule has 0 radical (unpaired) electrons. The molecule has 0 saturated heterocycles. The zero-order chi connectivity index (χ0) is 13.9. The molecule has 20 heavy (non-hydrogen) atoms. The molecule has 1 unspecified atom stereocenters. The molecule has 0 saturated carbocycles. The van der Waals surface area contributed by atoms with Gasteiger partial charge in [0.2, 0.25) is 0 Å². The maximum absolute atomic E-state index is 11.3. The minimum atomic E-state index is -0.363. The van der Waals surface area contributed by atoms with E-state index in [-0.39, 0.29) is 5.97 Å². The van der Waals surface area contributed by atoms with E-state index in [9.17, 15) is 4.79 Å². The van der Waals surface area contributed by atoms with Gasteiger partial charge in [-0.1, -0.05) is 48.6 Å². The van der Waals surface area contributed by atoms with Crippen molar-refractivity contribution in [2.24, 2.45) is 5.92 Å². The Kier molecular flexibility index (Phi) is 3.55. The topological polar surface area (TPSA) is 26.3 Å². The van der Waals surface area contributed by atoms with Gasteiger partial charge < -0.3 is 4.74 Å². The van der Waals surface area contributed by atoms with Gasteiger partial charge in [-0.15, -0.1) is 0 Å². The Labute approximate surface area is 119 Å². The molecule has 0 amide bonds. The van der Waals surface area contributed by atoms with Crippen molar-refractivity contribution in [3.05, 3.63) is 71.4 Å². The predicted octanol–water partition coefficient (Wildman–Crippen LogP) is 3.80. The number of ether oxygens (including phenoxy) is 1. The quantitative estimate of drug-likeness (QED) is 0.573. The third-order valence-corrected chi connectivity index (χ3v) is 4.07. The van der Waals surface area contributed by atoms with Crippen molar-refractivity contribution < 1.29 is 9.53 Å². The minimum Gasteiger partial charge on any atom is -0.458 e. The second-order valence-corrected chi connectivity index (χ2v) is 5.26. The molecule has 2 nitrogen and oxygen atoms in total. The van der Waals surface area contributed by atoms with Crippen LogP contribution in [0, 0.1) is 5.92 Å². The van der Waals surface area contributed by atoms with Gasteiger partial charge >= 0.3 is 5.97 Å². The molecule has 0 aromatic heterocycles. The molecule has 0 aromatic carbocycles. The molecule has 3 aliphatic carbocycles. The van der Waals surface area contributed by atoms with E-state index < -0.39 is 0 Å². The zero-order valence-electron chi connectivity index (χ0n) is 11.5. The summed E-state index contributed by atoms with van der Waals surface area (Å²) >= 11 is 0. The van der Waals surface area contributed by atoms with Crippen LogP contribution in [0.15, 0.2) is 71.4 Å². The van der Waals surface area contributed by atoms with Crippen LogP contribution >= 0.6 is 0 Å². The van der Waals surface area contributed by atoms with Gasteiger partial charge in [-0.2, -0.15) is 0 Å². The first-order valence-corrected chi connectivity index (χ1v) is 7.05. The van der Waals surface area contributed by atoms with E-state index in [0.717, 1.165) is 24.8 Å². The van der Waals surface area contributed by atoms with E-state index in [2.05, 4.69) is 43.0 Å². The number of allylic oxidation sites excluding steroid dienone is 8. The van der Waals surface area contributed by atoms with Crippen molar-refractivity contribution in [3.63, 3.8) is 0 Å². The highest BCUT2D eigenvalue weighted by Gasteiger charge is 2.27. The molecule has 3 rings (SSSR count). The lowest BCUT2D eigenvalue weighted by Crippen LogP contribution is -2.19. The maximum atomic E-state index is 11.3. The number of hydrogen-bond donors (Lipinski definition) is 0. The zero-order valence-corrected chi connectivity index (χ0v) is 11.5. The van der Waals surface area contributed by atoms with Crippen LogP contribution in [0.5, 0.6) is 0 Å². The summed E-state index contributed by atoms with van der Waals surface area (Å²) in [6, 6.07) is 0. The minimum absolute atomic E-state index is 0.331. The highest BCUT2D eigenvalue weighted by molar-refractivity contribution is 5.81. The maximum Gasteiger partial charge on any atom is 0.330 e. The Bertz CT molecular complexity index is 597. The van der Waals surface area contributed by atoms with Gasteiger partial charge in [0.25, 0.3) is 0 Å².